The van der Waals surface area contributed by atoms with E-state index in [0.29, 0.717) is 26.2 Å². The molecule has 0 aliphatic carbocycles. The third kappa shape index (κ3) is 8.34. The molecule has 0 aromatic heterocycles. The highest BCUT2D eigenvalue weighted by atomic mass is 16.5. The van der Waals surface area contributed by atoms with E-state index in [1.165, 1.54) is 0 Å². The molecular formula is C10H19N3O5. The Morgan fingerprint density at radius 1 is 1.39 bits per heavy atom. The van der Waals surface area contributed by atoms with Crippen molar-refractivity contribution in [2.75, 3.05) is 19.8 Å². The molecule has 0 heterocycles. The number of carboxylic acid groups (broad SMARTS) is 1. The number of ether oxygens (including phenoxy) is 1. The summed E-state index contributed by atoms with van der Waals surface area (Å²) in [5.41, 5.74) is 4.87. The van der Waals surface area contributed by atoms with Gasteiger partial charge in [0.05, 0.1) is 6.42 Å². The van der Waals surface area contributed by atoms with Crippen LogP contribution in [0.4, 0.5) is 4.79 Å². The van der Waals surface area contributed by atoms with Crippen LogP contribution >= 0.6 is 0 Å². The molecule has 0 fully saturated rings. The number of nitrogens with one attached hydrogen (secondary N) is 2. The Balaban J connectivity index is 3.88. The molecule has 0 unspecified atom stereocenters. The number of carbonyl (C=O) groups is 3. The molecule has 0 aromatic rings. The minimum absolute atomic E-state index is 0.356. The number of urea groups is 1. The molecule has 1 atom stereocenters. The van der Waals surface area contributed by atoms with Gasteiger partial charge < -0.3 is 26.2 Å². The Labute approximate surface area is 105 Å². The van der Waals surface area contributed by atoms with Crippen LogP contribution in [0.5, 0.6) is 0 Å². The fourth-order valence-corrected chi connectivity index (χ4v) is 1.13. The molecule has 0 saturated carbocycles. The molecular weight excluding hydrogens is 242 g/mol. The Bertz CT molecular complexity index is 295. The van der Waals surface area contributed by atoms with E-state index in [1.54, 1.807) is 0 Å². The molecule has 8 heteroatoms. The Hall–Kier alpha value is -1.83. The average molecular weight is 261 g/mol. The zero-order valence-corrected chi connectivity index (χ0v) is 10.3. The van der Waals surface area contributed by atoms with E-state index in [4.69, 9.17) is 15.6 Å². The molecule has 18 heavy (non-hydrogen) atoms. The van der Waals surface area contributed by atoms with Gasteiger partial charge in [-0.3, -0.25) is 4.79 Å². The Morgan fingerprint density at radius 2 is 2.06 bits per heavy atom. The molecule has 0 radical (unpaired) electrons. The lowest BCUT2D eigenvalue weighted by Crippen LogP contribution is -2.47. The van der Waals surface area contributed by atoms with Crippen molar-refractivity contribution in [2.24, 2.45) is 5.73 Å². The molecule has 104 valence electrons. The summed E-state index contributed by atoms with van der Waals surface area (Å²) in [6.07, 6.45) is 0.177. The van der Waals surface area contributed by atoms with Gasteiger partial charge >= 0.3 is 12.0 Å². The standard InChI is InChI=1S/C10H19N3O5/c1-2-18-5-3-4-12-10(17)13-7(9(15)16)6-8(11)14/h7H,2-6H2,1H3,(H2,11,14)(H,15,16)(H2,12,13,17)/t7-/m1/s1. The van der Waals surface area contributed by atoms with Gasteiger partial charge in [-0.05, 0) is 13.3 Å². The normalized spacial score (nSPS) is 11.6. The maximum Gasteiger partial charge on any atom is 0.326 e. The van der Waals surface area contributed by atoms with Crippen molar-refractivity contribution in [1.29, 1.82) is 0 Å². The lowest BCUT2D eigenvalue weighted by Gasteiger charge is -2.13. The topological polar surface area (TPSA) is 131 Å². The second-order valence-corrected chi connectivity index (χ2v) is 3.51. The lowest BCUT2D eigenvalue weighted by atomic mass is 10.2. The minimum atomic E-state index is -1.31. The second kappa shape index (κ2) is 9.23. The minimum Gasteiger partial charge on any atom is -0.480 e. The first kappa shape index (κ1) is 16.2. The summed E-state index contributed by atoms with van der Waals surface area (Å²) < 4.78 is 5.06. The number of primary amides is 1. The van der Waals surface area contributed by atoms with E-state index in [1.807, 2.05) is 6.92 Å². The first-order valence-electron chi connectivity index (χ1n) is 5.60. The van der Waals surface area contributed by atoms with Crippen LogP contribution in [0.2, 0.25) is 0 Å². The summed E-state index contributed by atoms with van der Waals surface area (Å²) in [7, 11) is 0. The summed E-state index contributed by atoms with van der Waals surface area (Å²) in [6.45, 7) is 3.34. The van der Waals surface area contributed by atoms with E-state index in [2.05, 4.69) is 10.6 Å². The Kier molecular flexibility index (Phi) is 8.29. The van der Waals surface area contributed by atoms with Crippen molar-refractivity contribution in [1.82, 2.24) is 10.6 Å². The van der Waals surface area contributed by atoms with E-state index in [-0.39, 0.29) is 0 Å². The molecule has 3 amide bonds. The van der Waals surface area contributed by atoms with Crippen molar-refractivity contribution < 1.29 is 24.2 Å². The van der Waals surface area contributed by atoms with Gasteiger partial charge in [-0.25, -0.2) is 9.59 Å². The van der Waals surface area contributed by atoms with E-state index >= 15 is 0 Å². The third-order valence-corrected chi connectivity index (χ3v) is 1.96. The zero-order valence-electron chi connectivity index (χ0n) is 10.3. The second-order valence-electron chi connectivity index (χ2n) is 3.51. The number of carbonyl (C=O) groups excluding carboxylic acids is 2. The molecule has 0 bridgehead atoms. The first-order chi connectivity index (χ1) is 8.47. The molecule has 0 saturated heterocycles. The summed E-state index contributed by atoms with van der Waals surface area (Å²) >= 11 is 0. The maximum atomic E-state index is 11.3. The highest BCUT2D eigenvalue weighted by molar-refractivity contribution is 5.87. The number of hydrogen-bond acceptors (Lipinski definition) is 4. The SMILES string of the molecule is CCOCCCNC(=O)N[C@H](CC(N)=O)C(=O)O. The zero-order chi connectivity index (χ0) is 14.0. The molecule has 0 aliphatic heterocycles. The van der Waals surface area contributed by atoms with Gasteiger partial charge in [0.2, 0.25) is 5.91 Å². The van der Waals surface area contributed by atoms with Gasteiger partial charge in [0.15, 0.2) is 0 Å². The highest BCUT2D eigenvalue weighted by Gasteiger charge is 2.21. The summed E-state index contributed by atoms with van der Waals surface area (Å²) in [5.74, 6) is -2.10. The highest BCUT2D eigenvalue weighted by Crippen LogP contribution is 1.91. The molecule has 0 rings (SSSR count). The van der Waals surface area contributed by atoms with Crippen LogP contribution in [0.1, 0.15) is 19.8 Å². The average Bonchev–Trinajstić information content (AvgIpc) is 2.27. The molecule has 0 spiro atoms. The van der Waals surface area contributed by atoms with E-state index < -0.39 is 30.4 Å². The summed E-state index contributed by atoms with van der Waals surface area (Å²) in [4.78, 5) is 32.6. The fourth-order valence-electron chi connectivity index (χ4n) is 1.13. The van der Waals surface area contributed by atoms with Crippen LogP contribution < -0.4 is 16.4 Å². The number of rotatable bonds is 9. The summed E-state index contributed by atoms with van der Waals surface area (Å²) in [5, 5.41) is 13.3. The Morgan fingerprint density at radius 3 is 2.56 bits per heavy atom. The van der Waals surface area contributed by atoms with Gasteiger partial charge in [0.1, 0.15) is 6.04 Å². The molecule has 8 nitrogen and oxygen atoms in total. The van der Waals surface area contributed by atoms with E-state index in [0.717, 1.165) is 0 Å². The van der Waals surface area contributed by atoms with Gasteiger partial charge in [0, 0.05) is 19.8 Å². The predicted octanol–water partition coefficient (Wildman–Crippen LogP) is -0.959. The number of hydrogen-bond donors (Lipinski definition) is 4. The van der Waals surface area contributed by atoms with Crippen molar-refractivity contribution in [3.63, 3.8) is 0 Å². The van der Waals surface area contributed by atoms with Gasteiger partial charge in [-0.2, -0.15) is 0 Å². The van der Waals surface area contributed by atoms with Crippen LogP contribution in [0.15, 0.2) is 0 Å². The van der Waals surface area contributed by atoms with Crippen LogP contribution in [0, 0.1) is 0 Å². The van der Waals surface area contributed by atoms with Gasteiger partial charge in [0.25, 0.3) is 0 Å². The molecule has 5 N–H and O–H groups in total. The monoisotopic (exact) mass is 261 g/mol. The molecule has 0 aromatic carbocycles. The van der Waals surface area contributed by atoms with Crippen LogP contribution in [-0.2, 0) is 14.3 Å². The van der Waals surface area contributed by atoms with Crippen LogP contribution in [-0.4, -0.2) is 48.8 Å². The number of amides is 3. The quantitative estimate of drug-likeness (QED) is 0.397. The van der Waals surface area contributed by atoms with Crippen molar-refractivity contribution in [2.45, 2.75) is 25.8 Å². The number of carboxylic acids is 1. The largest absolute Gasteiger partial charge is 0.480 e. The lowest BCUT2D eigenvalue weighted by molar-refractivity contribution is -0.140. The smallest absolute Gasteiger partial charge is 0.326 e. The van der Waals surface area contributed by atoms with Crippen LogP contribution in [0.3, 0.4) is 0 Å². The summed E-state index contributed by atoms with van der Waals surface area (Å²) in [6, 6.07) is -1.96. The fraction of sp³-hybridized carbons (Fsp3) is 0.700. The maximum absolute atomic E-state index is 11.3. The van der Waals surface area contributed by atoms with Crippen LogP contribution in [0.25, 0.3) is 0 Å². The van der Waals surface area contributed by atoms with Crippen molar-refractivity contribution in [3.05, 3.63) is 0 Å². The third-order valence-electron chi connectivity index (χ3n) is 1.96. The number of aliphatic carboxylic acids is 1. The van der Waals surface area contributed by atoms with E-state index in [9.17, 15) is 14.4 Å². The number of nitrogens with two attached hydrogens (primary N) is 1. The first-order valence-corrected chi connectivity index (χ1v) is 5.60. The van der Waals surface area contributed by atoms with Crippen molar-refractivity contribution in [3.8, 4) is 0 Å². The predicted molar refractivity (Wildman–Crippen MR) is 62.9 cm³/mol. The molecule has 0 aliphatic rings. The van der Waals surface area contributed by atoms with Gasteiger partial charge in [-0.15, -0.1) is 0 Å². The van der Waals surface area contributed by atoms with Gasteiger partial charge in [-0.1, -0.05) is 0 Å². The van der Waals surface area contributed by atoms with Crippen molar-refractivity contribution >= 4 is 17.9 Å².